The molecule has 0 bridgehead atoms. The van der Waals surface area contributed by atoms with Gasteiger partial charge in [-0.1, -0.05) is 12.8 Å². The normalized spacial score (nSPS) is 17.0. The fourth-order valence-electron chi connectivity index (χ4n) is 1.29. The Morgan fingerprint density at radius 2 is 2.08 bits per heavy atom. The van der Waals surface area contributed by atoms with E-state index in [4.69, 9.17) is 5.26 Å². The van der Waals surface area contributed by atoms with Crippen LogP contribution < -0.4 is 5.32 Å². The van der Waals surface area contributed by atoms with Crippen LogP contribution in [0.15, 0.2) is 0 Å². The van der Waals surface area contributed by atoms with Gasteiger partial charge in [-0.3, -0.25) is 0 Å². The Morgan fingerprint density at radius 1 is 1.38 bits per heavy atom. The van der Waals surface area contributed by atoms with Gasteiger partial charge in [0.1, 0.15) is 0 Å². The molecule has 0 radical (unpaired) electrons. The van der Waals surface area contributed by atoms with E-state index in [2.05, 4.69) is 11.4 Å². The summed E-state index contributed by atoms with van der Waals surface area (Å²) in [5, 5.41) is 12.2. The largest absolute Gasteiger partial charge is 0.317 e. The number of hydrogen-bond acceptors (Lipinski definition) is 2. The van der Waals surface area contributed by atoms with E-state index in [1.807, 2.05) is 13.8 Å². The average molecular weight is 180 g/mol. The van der Waals surface area contributed by atoms with Gasteiger partial charge in [0.05, 0.1) is 11.5 Å². The zero-order valence-electron chi connectivity index (χ0n) is 8.77. The lowest BCUT2D eigenvalue weighted by atomic mass is 9.91. The minimum atomic E-state index is -0.160. The molecule has 0 atom stereocenters. The molecule has 0 amide bonds. The Hall–Kier alpha value is -0.550. The number of nitrogens with one attached hydrogen (secondary N) is 1. The molecule has 0 unspecified atom stereocenters. The molecule has 1 N–H and O–H groups in total. The number of nitriles is 1. The van der Waals surface area contributed by atoms with Crippen molar-refractivity contribution < 1.29 is 0 Å². The SMILES string of the molecule is CC(C)(C#N)CCNCCC1CC1. The Labute approximate surface area is 81.3 Å². The van der Waals surface area contributed by atoms with Gasteiger partial charge >= 0.3 is 0 Å². The van der Waals surface area contributed by atoms with Crippen LogP contribution in [0.3, 0.4) is 0 Å². The standard InChI is InChI=1S/C11H20N2/c1-11(2,9-12)6-8-13-7-5-10-3-4-10/h10,13H,3-8H2,1-2H3. The van der Waals surface area contributed by atoms with Crippen molar-refractivity contribution in [2.75, 3.05) is 13.1 Å². The van der Waals surface area contributed by atoms with Crippen molar-refractivity contribution in [2.45, 2.75) is 39.5 Å². The molecule has 1 aliphatic rings. The van der Waals surface area contributed by atoms with Crippen LogP contribution in [0.5, 0.6) is 0 Å². The Balaban J connectivity index is 1.91. The van der Waals surface area contributed by atoms with Crippen LogP contribution in [0.2, 0.25) is 0 Å². The van der Waals surface area contributed by atoms with Crippen LogP contribution in [0.4, 0.5) is 0 Å². The molecule has 0 aromatic carbocycles. The second-order valence-corrected chi connectivity index (χ2v) is 4.73. The third-order valence-electron chi connectivity index (χ3n) is 2.66. The summed E-state index contributed by atoms with van der Waals surface area (Å²) in [6.07, 6.45) is 5.15. The van der Waals surface area contributed by atoms with Gasteiger partial charge in [-0.25, -0.2) is 0 Å². The Kier molecular flexibility index (Phi) is 3.74. The van der Waals surface area contributed by atoms with Crippen molar-refractivity contribution in [1.82, 2.24) is 5.32 Å². The monoisotopic (exact) mass is 180 g/mol. The molecular weight excluding hydrogens is 160 g/mol. The van der Waals surface area contributed by atoms with Crippen LogP contribution >= 0.6 is 0 Å². The van der Waals surface area contributed by atoms with E-state index in [-0.39, 0.29) is 5.41 Å². The molecule has 1 aliphatic carbocycles. The van der Waals surface area contributed by atoms with Gasteiger partial charge in [0, 0.05) is 0 Å². The average Bonchev–Trinajstić information content (AvgIpc) is 2.87. The highest BCUT2D eigenvalue weighted by atomic mass is 14.8. The fourth-order valence-corrected chi connectivity index (χ4v) is 1.29. The summed E-state index contributed by atoms with van der Waals surface area (Å²) in [7, 11) is 0. The van der Waals surface area contributed by atoms with Crippen molar-refractivity contribution in [1.29, 1.82) is 5.26 Å². The molecule has 0 aromatic rings. The maximum atomic E-state index is 8.77. The van der Waals surface area contributed by atoms with Gasteiger partial charge in [0.15, 0.2) is 0 Å². The van der Waals surface area contributed by atoms with Gasteiger partial charge in [0.25, 0.3) is 0 Å². The maximum absolute atomic E-state index is 8.77. The number of rotatable bonds is 6. The molecule has 1 fully saturated rings. The van der Waals surface area contributed by atoms with Crippen LogP contribution in [0, 0.1) is 22.7 Å². The zero-order chi connectivity index (χ0) is 9.73. The predicted octanol–water partition coefficient (Wildman–Crippen LogP) is 2.32. The van der Waals surface area contributed by atoms with E-state index in [0.29, 0.717) is 0 Å². The minimum absolute atomic E-state index is 0.160. The lowest BCUT2D eigenvalue weighted by Crippen LogP contribution is -2.22. The third-order valence-corrected chi connectivity index (χ3v) is 2.66. The summed E-state index contributed by atoms with van der Waals surface area (Å²) in [5.74, 6) is 1.01. The van der Waals surface area contributed by atoms with Gasteiger partial charge < -0.3 is 5.32 Å². The summed E-state index contributed by atoms with van der Waals surface area (Å²) in [4.78, 5) is 0. The smallest absolute Gasteiger partial charge is 0.0684 e. The molecule has 13 heavy (non-hydrogen) atoms. The zero-order valence-corrected chi connectivity index (χ0v) is 8.77. The summed E-state index contributed by atoms with van der Waals surface area (Å²) < 4.78 is 0. The second kappa shape index (κ2) is 4.62. The Morgan fingerprint density at radius 3 is 2.62 bits per heavy atom. The third kappa shape index (κ3) is 4.90. The molecule has 1 saturated carbocycles. The van der Waals surface area contributed by atoms with E-state index in [0.717, 1.165) is 25.4 Å². The van der Waals surface area contributed by atoms with Crippen molar-refractivity contribution in [3.8, 4) is 6.07 Å². The van der Waals surface area contributed by atoms with Crippen LogP contribution in [0.25, 0.3) is 0 Å². The van der Waals surface area contributed by atoms with Gasteiger partial charge in [-0.2, -0.15) is 5.26 Å². The number of hydrogen-bond donors (Lipinski definition) is 1. The summed E-state index contributed by atoms with van der Waals surface area (Å²) in [6, 6.07) is 2.31. The molecule has 2 heteroatoms. The van der Waals surface area contributed by atoms with Crippen molar-refractivity contribution in [3.63, 3.8) is 0 Å². The first-order chi connectivity index (χ1) is 6.14. The molecule has 0 heterocycles. The Bertz CT molecular complexity index is 187. The molecule has 2 nitrogen and oxygen atoms in total. The summed E-state index contributed by atoms with van der Waals surface area (Å²) >= 11 is 0. The van der Waals surface area contributed by atoms with E-state index in [1.165, 1.54) is 19.3 Å². The number of nitrogens with zero attached hydrogens (tertiary/aromatic N) is 1. The van der Waals surface area contributed by atoms with Crippen molar-refractivity contribution in [2.24, 2.45) is 11.3 Å². The van der Waals surface area contributed by atoms with Crippen molar-refractivity contribution >= 4 is 0 Å². The van der Waals surface area contributed by atoms with Crippen LogP contribution in [0.1, 0.15) is 39.5 Å². The van der Waals surface area contributed by atoms with E-state index >= 15 is 0 Å². The second-order valence-electron chi connectivity index (χ2n) is 4.73. The van der Waals surface area contributed by atoms with Crippen LogP contribution in [-0.2, 0) is 0 Å². The highest BCUT2D eigenvalue weighted by molar-refractivity contribution is 4.91. The fraction of sp³-hybridized carbons (Fsp3) is 0.909. The first kappa shape index (κ1) is 10.5. The molecular formula is C11H20N2. The maximum Gasteiger partial charge on any atom is 0.0684 e. The van der Waals surface area contributed by atoms with Gasteiger partial charge in [-0.15, -0.1) is 0 Å². The molecule has 74 valence electrons. The summed E-state index contributed by atoms with van der Waals surface area (Å²) in [5.41, 5.74) is -0.160. The molecule has 0 aliphatic heterocycles. The highest BCUT2D eigenvalue weighted by Crippen LogP contribution is 2.31. The molecule has 0 aromatic heterocycles. The van der Waals surface area contributed by atoms with Crippen molar-refractivity contribution in [3.05, 3.63) is 0 Å². The minimum Gasteiger partial charge on any atom is -0.317 e. The first-order valence-corrected chi connectivity index (χ1v) is 5.26. The first-order valence-electron chi connectivity index (χ1n) is 5.26. The van der Waals surface area contributed by atoms with Gasteiger partial charge in [0.2, 0.25) is 0 Å². The van der Waals surface area contributed by atoms with Crippen LogP contribution in [-0.4, -0.2) is 13.1 Å². The molecule has 0 spiro atoms. The highest BCUT2D eigenvalue weighted by Gasteiger charge is 2.20. The summed E-state index contributed by atoms with van der Waals surface area (Å²) in [6.45, 7) is 6.10. The van der Waals surface area contributed by atoms with E-state index in [9.17, 15) is 0 Å². The predicted molar refractivity (Wildman–Crippen MR) is 54.2 cm³/mol. The van der Waals surface area contributed by atoms with Gasteiger partial charge in [-0.05, 0) is 45.7 Å². The lowest BCUT2D eigenvalue weighted by molar-refractivity contribution is 0.430. The lowest BCUT2D eigenvalue weighted by Gasteiger charge is -2.14. The topological polar surface area (TPSA) is 35.8 Å². The van der Waals surface area contributed by atoms with E-state index < -0.39 is 0 Å². The van der Waals surface area contributed by atoms with E-state index in [1.54, 1.807) is 0 Å². The molecule has 1 rings (SSSR count). The quantitative estimate of drug-likeness (QED) is 0.637. The molecule has 0 saturated heterocycles.